The fourth-order valence-corrected chi connectivity index (χ4v) is 0.825. The van der Waals surface area contributed by atoms with E-state index in [0.717, 1.165) is 12.1 Å². The van der Waals surface area contributed by atoms with E-state index in [2.05, 4.69) is 9.97 Å². The monoisotopic (exact) mass is 152 g/mol. The minimum absolute atomic E-state index is 0.273. The maximum atomic E-state index is 9.25. The molecule has 1 heterocycles. The standard InChI is InChI=1S/C8H12N2O/c1-2-8(11)5-7-3-4-9-6-10-7/h3-4,6,8,11H,2,5H2,1H3. The molecule has 3 heteroatoms. The summed E-state index contributed by atoms with van der Waals surface area (Å²) in [6.07, 6.45) is 4.30. The van der Waals surface area contributed by atoms with Crippen molar-refractivity contribution in [1.82, 2.24) is 9.97 Å². The predicted molar refractivity (Wildman–Crippen MR) is 42.0 cm³/mol. The molecule has 0 saturated heterocycles. The number of aromatic nitrogens is 2. The van der Waals surface area contributed by atoms with Crippen LogP contribution in [0.4, 0.5) is 0 Å². The molecular weight excluding hydrogens is 140 g/mol. The molecule has 0 aliphatic heterocycles. The normalized spacial score (nSPS) is 12.9. The van der Waals surface area contributed by atoms with Gasteiger partial charge in [0.1, 0.15) is 6.33 Å². The zero-order chi connectivity index (χ0) is 8.10. The summed E-state index contributed by atoms with van der Waals surface area (Å²) in [5, 5.41) is 9.25. The Kier molecular flexibility index (Phi) is 2.98. The van der Waals surface area contributed by atoms with Gasteiger partial charge in [-0.2, -0.15) is 0 Å². The van der Waals surface area contributed by atoms with Gasteiger partial charge in [0, 0.05) is 18.3 Å². The third kappa shape index (κ3) is 2.63. The highest BCUT2D eigenvalue weighted by atomic mass is 16.3. The molecule has 1 rings (SSSR count). The quantitative estimate of drug-likeness (QED) is 0.696. The highest BCUT2D eigenvalue weighted by Crippen LogP contribution is 2.00. The highest BCUT2D eigenvalue weighted by Gasteiger charge is 2.01. The van der Waals surface area contributed by atoms with Crippen LogP contribution < -0.4 is 0 Å². The fraction of sp³-hybridized carbons (Fsp3) is 0.500. The Morgan fingerprint density at radius 3 is 3.00 bits per heavy atom. The third-order valence-electron chi connectivity index (χ3n) is 1.56. The third-order valence-corrected chi connectivity index (χ3v) is 1.56. The van der Waals surface area contributed by atoms with Crippen molar-refractivity contribution in [3.05, 3.63) is 24.3 Å². The van der Waals surface area contributed by atoms with E-state index in [1.165, 1.54) is 6.33 Å². The molecule has 11 heavy (non-hydrogen) atoms. The van der Waals surface area contributed by atoms with Crippen molar-refractivity contribution in [2.45, 2.75) is 25.9 Å². The van der Waals surface area contributed by atoms with Crippen LogP contribution in [-0.4, -0.2) is 21.2 Å². The molecule has 0 fully saturated rings. The second-order valence-corrected chi connectivity index (χ2v) is 2.47. The molecule has 1 atom stereocenters. The molecule has 60 valence electrons. The largest absolute Gasteiger partial charge is 0.393 e. The molecule has 0 radical (unpaired) electrons. The van der Waals surface area contributed by atoms with E-state index < -0.39 is 0 Å². The lowest BCUT2D eigenvalue weighted by molar-refractivity contribution is 0.169. The lowest BCUT2D eigenvalue weighted by Gasteiger charge is -2.04. The summed E-state index contributed by atoms with van der Waals surface area (Å²) in [5.74, 6) is 0. The van der Waals surface area contributed by atoms with Crippen LogP contribution in [0.15, 0.2) is 18.6 Å². The van der Waals surface area contributed by atoms with E-state index in [1.54, 1.807) is 6.20 Å². The van der Waals surface area contributed by atoms with Crippen LogP contribution in [0, 0.1) is 0 Å². The molecule has 1 N–H and O–H groups in total. The van der Waals surface area contributed by atoms with Crippen molar-refractivity contribution in [3.8, 4) is 0 Å². The molecule has 1 aromatic heterocycles. The van der Waals surface area contributed by atoms with Gasteiger partial charge in [0.15, 0.2) is 0 Å². The van der Waals surface area contributed by atoms with Crippen molar-refractivity contribution < 1.29 is 5.11 Å². The number of aliphatic hydroxyl groups excluding tert-OH is 1. The van der Waals surface area contributed by atoms with Gasteiger partial charge in [-0.3, -0.25) is 0 Å². The minimum Gasteiger partial charge on any atom is -0.393 e. The van der Waals surface area contributed by atoms with Crippen LogP contribution in [0.25, 0.3) is 0 Å². The van der Waals surface area contributed by atoms with E-state index >= 15 is 0 Å². The van der Waals surface area contributed by atoms with E-state index in [0.29, 0.717) is 6.42 Å². The van der Waals surface area contributed by atoms with Gasteiger partial charge in [-0.1, -0.05) is 6.92 Å². The SMILES string of the molecule is CCC(O)Cc1ccncn1. The van der Waals surface area contributed by atoms with Gasteiger partial charge in [0.05, 0.1) is 6.10 Å². The topological polar surface area (TPSA) is 46.0 Å². The summed E-state index contributed by atoms with van der Waals surface area (Å²) in [5.41, 5.74) is 0.898. The number of hydrogen-bond acceptors (Lipinski definition) is 3. The van der Waals surface area contributed by atoms with Crippen molar-refractivity contribution in [2.75, 3.05) is 0 Å². The number of hydrogen-bond donors (Lipinski definition) is 1. The predicted octanol–water partition coefficient (Wildman–Crippen LogP) is 0.790. The molecule has 0 bridgehead atoms. The minimum atomic E-state index is -0.273. The Morgan fingerprint density at radius 1 is 1.64 bits per heavy atom. The Bertz CT molecular complexity index is 201. The Balaban J connectivity index is 2.51. The van der Waals surface area contributed by atoms with Gasteiger partial charge in [0.2, 0.25) is 0 Å². The van der Waals surface area contributed by atoms with Crippen molar-refractivity contribution >= 4 is 0 Å². The molecule has 0 aliphatic carbocycles. The molecule has 1 unspecified atom stereocenters. The molecule has 1 aromatic rings. The van der Waals surface area contributed by atoms with Gasteiger partial charge < -0.3 is 5.11 Å². The second kappa shape index (κ2) is 4.03. The van der Waals surface area contributed by atoms with Crippen molar-refractivity contribution in [1.29, 1.82) is 0 Å². The summed E-state index contributed by atoms with van der Waals surface area (Å²) in [4.78, 5) is 7.78. The first-order valence-electron chi connectivity index (χ1n) is 3.76. The average molecular weight is 152 g/mol. The maximum Gasteiger partial charge on any atom is 0.115 e. The van der Waals surface area contributed by atoms with Crippen LogP contribution in [0.2, 0.25) is 0 Å². The zero-order valence-electron chi connectivity index (χ0n) is 6.57. The Labute approximate surface area is 66.1 Å². The van der Waals surface area contributed by atoms with Crippen molar-refractivity contribution in [2.24, 2.45) is 0 Å². The van der Waals surface area contributed by atoms with E-state index in [4.69, 9.17) is 0 Å². The molecule has 0 amide bonds. The van der Waals surface area contributed by atoms with Gasteiger partial charge in [-0.15, -0.1) is 0 Å². The van der Waals surface area contributed by atoms with Gasteiger partial charge in [-0.05, 0) is 12.5 Å². The lowest BCUT2D eigenvalue weighted by atomic mass is 10.1. The summed E-state index contributed by atoms with van der Waals surface area (Å²) >= 11 is 0. The van der Waals surface area contributed by atoms with Crippen LogP contribution in [0.5, 0.6) is 0 Å². The maximum absolute atomic E-state index is 9.25. The molecule has 0 aromatic carbocycles. The van der Waals surface area contributed by atoms with Crippen LogP contribution in [0.1, 0.15) is 19.0 Å². The number of aliphatic hydroxyl groups is 1. The highest BCUT2D eigenvalue weighted by molar-refractivity contribution is 4.98. The Hall–Kier alpha value is -0.960. The first kappa shape index (κ1) is 8.14. The van der Waals surface area contributed by atoms with Gasteiger partial charge in [-0.25, -0.2) is 9.97 Å². The number of nitrogens with zero attached hydrogens (tertiary/aromatic N) is 2. The van der Waals surface area contributed by atoms with Crippen molar-refractivity contribution in [3.63, 3.8) is 0 Å². The van der Waals surface area contributed by atoms with Crippen LogP contribution in [0.3, 0.4) is 0 Å². The second-order valence-electron chi connectivity index (χ2n) is 2.47. The molecule has 3 nitrogen and oxygen atoms in total. The van der Waals surface area contributed by atoms with Crippen LogP contribution in [-0.2, 0) is 6.42 Å². The molecule has 0 spiro atoms. The van der Waals surface area contributed by atoms with Gasteiger partial charge in [0.25, 0.3) is 0 Å². The smallest absolute Gasteiger partial charge is 0.115 e. The summed E-state index contributed by atoms with van der Waals surface area (Å²) in [6.45, 7) is 1.95. The first-order chi connectivity index (χ1) is 5.33. The summed E-state index contributed by atoms with van der Waals surface area (Å²) in [6, 6.07) is 1.82. The molecule has 0 saturated carbocycles. The fourth-order valence-electron chi connectivity index (χ4n) is 0.825. The van der Waals surface area contributed by atoms with Gasteiger partial charge >= 0.3 is 0 Å². The van der Waals surface area contributed by atoms with Crippen LogP contribution >= 0.6 is 0 Å². The first-order valence-corrected chi connectivity index (χ1v) is 3.76. The average Bonchev–Trinajstić information content (AvgIpc) is 2.06. The summed E-state index contributed by atoms with van der Waals surface area (Å²) < 4.78 is 0. The van der Waals surface area contributed by atoms with E-state index in [1.807, 2.05) is 13.0 Å². The zero-order valence-corrected chi connectivity index (χ0v) is 6.57. The lowest BCUT2D eigenvalue weighted by Crippen LogP contribution is -2.09. The molecule has 0 aliphatic rings. The molecular formula is C8H12N2O. The number of rotatable bonds is 3. The van der Waals surface area contributed by atoms with E-state index in [-0.39, 0.29) is 6.10 Å². The van der Waals surface area contributed by atoms with E-state index in [9.17, 15) is 5.11 Å². The summed E-state index contributed by atoms with van der Waals surface area (Å²) in [7, 11) is 0. The Morgan fingerprint density at radius 2 is 2.45 bits per heavy atom.